The Bertz CT molecular complexity index is 417. The molecule has 2 heteroatoms. The van der Waals surface area contributed by atoms with Crippen molar-refractivity contribution in [2.45, 2.75) is 26.8 Å². The zero-order chi connectivity index (χ0) is 9.97. The minimum absolute atomic E-state index is 0.715. The zero-order valence-electron chi connectivity index (χ0n) is 8.77. The fourth-order valence-corrected chi connectivity index (χ4v) is 1.62. The maximum absolute atomic E-state index is 4.37. The van der Waals surface area contributed by atoms with Crippen molar-refractivity contribution in [1.29, 1.82) is 0 Å². The molecule has 0 aliphatic rings. The summed E-state index contributed by atoms with van der Waals surface area (Å²) in [5.41, 5.74) is 2.34. The predicted octanol–water partition coefficient (Wildman–Crippen LogP) is 3.08. The SMILES string of the molecule is CC[C@@H](C)Cn1cnc2ccccc21. The van der Waals surface area contributed by atoms with Gasteiger partial charge >= 0.3 is 0 Å². The van der Waals surface area contributed by atoms with Crippen LogP contribution in [0.3, 0.4) is 0 Å². The summed E-state index contributed by atoms with van der Waals surface area (Å²) in [7, 11) is 0. The molecule has 74 valence electrons. The molecule has 0 spiro atoms. The minimum Gasteiger partial charge on any atom is -0.330 e. The van der Waals surface area contributed by atoms with Gasteiger partial charge in [0.2, 0.25) is 0 Å². The molecular formula is C12H16N2. The van der Waals surface area contributed by atoms with E-state index in [1.807, 2.05) is 12.4 Å². The van der Waals surface area contributed by atoms with E-state index in [9.17, 15) is 0 Å². The van der Waals surface area contributed by atoms with Crippen LogP contribution in [0.1, 0.15) is 20.3 Å². The van der Waals surface area contributed by atoms with Crippen molar-refractivity contribution in [3.8, 4) is 0 Å². The van der Waals surface area contributed by atoms with Crippen LogP contribution in [0.2, 0.25) is 0 Å². The third kappa shape index (κ3) is 1.65. The number of nitrogens with zero attached hydrogens (tertiary/aromatic N) is 2. The monoisotopic (exact) mass is 188 g/mol. The molecule has 1 aromatic heterocycles. The van der Waals surface area contributed by atoms with Crippen molar-refractivity contribution in [2.24, 2.45) is 5.92 Å². The molecule has 2 aromatic rings. The molecule has 0 fully saturated rings. The second-order valence-electron chi connectivity index (χ2n) is 3.90. The van der Waals surface area contributed by atoms with Gasteiger partial charge in [-0.3, -0.25) is 0 Å². The maximum Gasteiger partial charge on any atom is 0.0958 e. The summed E-state index contributed by atoms with van der Waals surface area (Å²) in [6.07, 6.45) is 3.16. The molecule has 0 saturated heterocycles. The first kappa shape index (κ1) is 9.25. The van der Waals surface area contributed by atoms with Crippen LogP contribution in [-0.4, -0.2) is 9.55 Å². The summed E-state index contributed by atoms with van der Waals surface area (Å²) < 4.78 is 2.24. The summed E-state index contributed by atoms with van der Waals surface area (Å²) in [5.74, 6) is 0.715. The summed E-state index contributed by atoms with van der Waals surface area (Å²) >= 11 is 0. The molecule has 1 aromatic carbocycles. The van der Waals surface area contributed by atoms with Crippen LogP contribution in [0.25, 0.3) is 11.0 Å². The first-order valence-corrected chi connectivity index (χ1v) is 5.21. The van der Waals surface area contributed by atoms with Crippen LogP contribution in [0.15, 0.2) is 30.6 Å². The van der Waals surface area contributed by atoms with Gasteiger partial charge in [-0.2, -0.15) is 0 Å². The van der Waals surface area contributed by atoms with Gasteiger partial charge in [-0.1, -0.05) is 32.4 Å². The van der Waals surface area contributed by atoms with Gasteiger partial charge in [0.05, 0.1) is 17.4 Å². The molecule has 0 amide bonds. The lowest BCUT2D eigenvalue weighted by Crippen LogP contribution is -2.05. The minimum atomic E-state index is 0.715. The third-order valence-electron chi connectivity index (χ3n) is 2.73. The van der Waals surface area contributed by atoms with E-state index in [-0.39, 0.29) is 0 Å². The van der Waals surface area contributed by atoms with Crippen molar-refractivity contribution in [3.63, 3.8) is 0 Å². The maximum atomic E-state index is 4.37. The lowest BCUT2D eigenvalue weighted by Gasteiger charge is -2.09. The van der Waals surface area contributed by atoms with Crippen molar-refractivity contribution in [3.05, 3.63) is 30.6 Å². The highest BCUT2D eigenvalue weighted by molar-refractivity contribution is 5.74. The first-order chi connectivity index (χ1) is 6.81. The molecule has 14 heavy (non-hydrogen) atoms. The normalized spacial score (nSPS) is 13.3. The van der Waals surface area contributed by atoms with Crippen LogP contribution >= 0.6 is 0 Å². The van der Waals surface area contributed by atoms with Gasteiger partial charge in [0.15, 0.2) is 0 Å². The van der Waals surface area contributed by atoms with Crippen LogP contribution in [0.5, 0.6) is 0 Å². The number of imidazole rings is 1. The van der Waals surface area contributed by atoms with E-state index in [1.54, 1.807) is 0 Å². The average molecular weight is 188 g/mol. The number of hydrogen-bond donors (Lipinski definition) is 0. The molecular weight excluding hydrogens is 172 g/mol. The number of rotatable bonds is 3. The fourth-order valence-electron chi connectivity index (χ4n) is 1.62. The molecule has 1 heterocycles. The summed E-state index contributed by atoms with van der Waals surface area (Å²) in [6, 6.07) is 8.28. The lowest BCUT2D eigenvalue weighted by atomic mass is 10.1. The fraction of sp³-hybridized carbons (Fsp3) is 0.417. The van der Waals surface area contributed by atoms with Crippen molar-refractivity contribution in [2.75, 3.05) is 0 Å². The van der Waals surface area contributed by atoms with Crippen molar-refractivity contribution < 1.29 is 0 Å². The van der Waals surface area contributed by atoms with E-state index in [0.29, 0.717) is 5.92 Å². The van der Waals surface area contributed by atoms with Gasteiger partial charge in [-0.05, 0) is 18.1 Å². The number of benzene rings is 1. The van der Waals surface area contributed by atoms with Crippen LogP contribution in [0, 0.1) is 5.92 Å². The van der Waals surface area contributed by atoms with E-state index in [2.05, 4.69) is 41.6 Å². The van der Waals surface area contributed by atoms with Gasteiger partial charge in [-0.15, -0.1) is 0 Å². The Balaban J connectivity index is 2.33. The zero-order valence-corrected chi connectivity index (χ0v) is 8.77. The number of aromatic nitrogens is 2. The summed E-state index contributed by atoms with van der Waals surface area (Å²) in [4.78, 5) is 4.37. The number of fused-ring (bicyclic) bond motifs is 1. The average Bonchev–Trinajstić information content (AvgIpc) is 2.62. The topological polar surface area (TPSA) is 17.8 Å². The van der Waals surface area contributed by atoms with Gasteiger partial charge < -0.3 is 4.57 Å². The molecule has 2 nitrogen and oxygen atoms in total. The Kier molecular flexibility index (Phi) is 2.53. The van der Waals surface area contributed by atoms with Crippen molar-refractivity contribution in [1.82, 2.24) is 9.55 Å². The van der Waals surface area contributed by atoms with E-state index >= 15 is 0 Å². The Morgan fingerprint density at radius 1 is 1.36 bits per heavy atom. The molecule has 0 bridgehead atoms. The first-order valence-electron chi connectivity index (χ1n) is 5.21. The molecule has 0 aliphatic carbocycles. The Morgan fingerprint density at radius 3 is 2.93 bits per heavy atom. The Morgan fingerprint density at radius 2 is 2.14 bits per heavy atom. The molecule has 0 saturated carbocycles. The third-order valence-corrected chi connectivity index (χ3v) is 2.73. The van der Waals surface area contributed by atoms with Crippen molar-refractivity contribution >= 4 is 11.0 Å². The van der Waals surface area contributed by atoms with E-state index < -0.39 is 0 Å². The largest absolute Gasteiger partial charge is 0.330 e. The molecule has 0 unspecified atom stereocenters. The molecule has 0 radical (unpaired) electrons. The Labute approximate surface area is 84.6 Å². The molecule has 2 rings (SSSR count). The van der Waals surface area contributed by atoms with E-state index in [0.717, 1.165) is 12.1 Å². The number of hydrogen-bond acceptors (Lipinski definition) is 1. The van der Waals surface area contributed by atoms with Crippen LogP contribution in [0.4, 0.5) is 0 Å². The molecule has 1 atom stereocenters. The second kappa shape index (κ2) is 3.82. The second-order valence-corrected chi connectivity index (χ2v) is 3.90. The molecule has 0 aliphatic heterocycles. The summed E-state index contributed by atoms with van der Waals surface area (Å²) in [5, 5.41) is 0. The predicted molar refractivity (Wildman–Crippen MR) is 59.2 cm³/mol. The molecule has 0 N–H and O–H groups in total. The highest BCUT2D eigenvalue weighted by Gasteiger charge is 2.04. The summed E-state index contributed by atoms with van der Waals surface area (Å²) in [6.45, 7) is 5.57. The van der Waals surface area contributed by atoms with E-state index in [1.165, 1.54) is 11.9 Å². The van der Waals surface area contributed by atoms with Gasteiger partial charge in [0.1, 0.15) is 0 Å². The van der Waals surface area contributed by atoms with E-state index in [4.69, 9.17) is 0 Å². The Hall–Kier alpha value is -1.31. The van der Waals surface area contributed by atoms with Gasteiger partial charge in [0, 0.05) is 6.54 Å². The van der Waals surface area contributed by atoms with Crippen LogP contribution < -0.4 is 0 Å². The number of para-hydroxylation sites is 2. The van der Waals surface area contributed by atoms with Crippen LogP contribution in [-0.2, 0) is 6.54 Å². The van der Waals surface area contributed by atoms with Gasteiger partial charge in [0.25, 0.3) is 0 Å². The quantitative estimate of drug-likeness (QED) is 0.723. The van der Waals surface area contributed by atoms with Gasteiger partial charge in [-0.25, -0.2) is 4.98 Å². The lowest BCUT2D eigenvalue weighted by molar-refractivity contribution is 0.476. The standard InChI is InChI=1S/C12H16N2/c1-3-10(2)8-14-9-13-11-6-4-5-7-12(11)14/h4-7,9-10H,3,8H2,1-2H3/t10-/m1/s1. The highest BCUT2D eigenvalue weighted by atomic mass is 15.0. The smallest absolute Gasteiger partial charge is 0.0958 e. The highest BCUT2D eigenvalue weighted by Crippen LogP contribution is 2.14.